The fraction of sp³-hybridized carbons (Fsp3) is 0.200. The van der Waals surface area contributed by atoms with E-state index in [9.17, 15) is 19.2 Å². The molecule has 250 valence electrons. The number of benzene rings is 5. The SMILES string of the molecule is C#CCN(C(=O)NC)N1CC(=O)N2[C@@H](Cc3ccc(NC(=O)c4cccc5ccccc45)cc3)C(=O)N(Cc3cccc4ccccc34)C[C@@H]21. The second kappa shape index (κ2) is 13.7. The van der Waals surface area contributed by atoms with Crippen molar-refractivity contribution < 1.29 is 19.2 Å². The molecule has 0 unspecified atom stereocenters. The van der Waals surface area contributed by atoms with Gasteiger partial charge in [0.25, 0.3) is 5.91 Å². The standard InChI is InChI=1S/C40H36N6O4/c1-3-22-44(40(50)41-2)45-26-37(47)46-35(39(49)43(25-36(45)46)24-30-14-8-12-28-10-4-6-15-32(28)30)23-27-18-20-31(21-19-27)42-38(48)34-17-9-13-29-11-5-7-16-33(29)34/h1,4-21,35-36H,22-26H2,2H3,(H,41,50)(H,42,48)/t35-,36+/m0/s1. The smallest absolute Gasteiger partial charge is 0.332 e. The highest BCUT2D eigenvalue weighted by Crippen LogP contribution is 2.31. The van der Waals surface area contributed by atoms with E-state index in [4.69, 9.17) is 6.42 Å². The average Bonchev–Trinajstić information content (AvgIpc) is 3.47. The Hall–Kier alpha value is -6.18. The Labute approximate surface area is 290 Å². The van der Waals surface area contributed by atoms with Crippen LogP contribution in [0.2, 0.25) is 0 Å². The van der Waals surface area contributed by atoms with Crippen LogP contribution in [-0.2, 0) is 22.6 Å². The molecule has 7 rings (SSSR count). The van der Waals surface area contributed by atoms with Crippen LogP contribution in [0, 0.1) is 12.3 Å². The van der Waals surface area contributed by atoms with Crippen LogP contribution in [0.3, 0.4) is 0 Å². The first-order chi connectivity index (χ1) is 24.4. The maximum atomic E-state index is 14.4. The Morgan fingerprint density at radius 3 is 2.24 bits per heavy atom. The molecule has 2 aliphatic rings. The Morgan fingerprint density at radius 1 is 0.860 bits per heavy atom. The summed E-state index contributed by atoms with van der Waals surface area (Å²) in [6.45, 7) is 0.398. The van der Waals surface area contributed by atoms with Crippen molar-refractivity contribution in [2.45, 2.75) is 25.2 Å². The van der Waals surface area contributed by atoms with Crippen molar-refractivity contribution in [2.75, 3.05) is 32.0 Å². The highest BCUT2D eigenvalue weighted by molar-refractivity contribution is 6.13. The summed E-state index contributed by atoms with van der Waals surface area (Å²) >= 11 is 0. The zero-order valence-electron chi connectivity index (χ0n) is 27.6. The van der Waals surface area contributed by atoms with Crippen LogP contribution in [0.5, 0.6) is 0 Å². The molecular weight excluding hydrogens is 628 g/mol. The topological polar surface area (TPSA) is 105 Å². The predicted molar refractivity (Wildman–Crippen MR) is 193 cm³/mol. The van der Waals surface area contributed by atoms with Crippen LogP contribution >= 0.6 is 0 Å². The highest BCUT2D eigenvalue weighted by atomic mass is 16.2. The van der Waals surface area contributed by atoms with E-state index in [2.05, 4.69) is 16.6 Å². The molecule has 0 spiro atoms. The number of nitrogens with one attached hydrogen (secondary N) is 2. The van der Waals surface area contributed by atoms with Gasteiger partial charge >= 0.3 is 6.03 Å². The lowest BCUT2D eigenvalue weighted by atomic mass is 9.98. The third-order valence-electron chi connectivity index (χ3n) is 9.48. The van der Waals surface area contributed by atoms with Crippen molar-refractivity contribution >= 4 is 51.0 Å². The summed E-state index contributed by atoms with van der Waals surface area (Å²) in [5.74, 6) is 1.86. The Bertz CT molecular complexity index is 2150. The number of terminal acetylenes is 1. The summed E-state index contributed by atoms with van der Waals surface area (Å²) in [6.07, 6.45) is 5.28. The average molecular weight is 665 g/mol. The number of carbonyl (C=O) groups is 4. The highest BCUT2D eigenvalue weighted by Gasteiger charge is 2.52. The molecule has 2 heterocycles. The van der Waals surface area contributed by atoms with E-state index in [0.717, 1.165) is 32.7 Å². The van der Waals surface area contributed by atoms with Gasteiger partial charge in [-0.25, -0.2) is 9.80 Å². The van der Waals surface area contributed by atoms with Crippen LogP contribution in [0.1, 0.15) is 21.5 Å². The molecule has 50 heavy (non-hydrogen) atoms. The molecule has 0 aromatic heterocycles. The van der Waals surface area contributed by atoms with E-state index in [-0.39, 0.29) is 43.8 Å². The lowest BCUT2D eigenvalue weighted by Crippen LogP contribution is -2.66. The van der Waals surface area contributed by atoms with Crippen molar-refractivity contribution in [3.8, 4) is 12.3 Å². The number of anilines is 1. The maximum Gasteiger partial charge on any atom is 0.332 e. The number of hydrogen-bond acceptors (Lipinski definition) is 5. The second-order valence-corrected chi connectivity index (χ2v) is 12.5. The molecule has 0 radical (unpaired) electrons. The van der Waals surface area contributed by atoms with Crippen molar-refractivity contribution in [3.63, 3.8) is 0 Å². The van der Waals surface area contributed by atoms with Gasteiger partial charge in [0.2, 0.25) is 11.8 Å². The normalized spacial score (nSPS) is 17.4. The fourth-order valence-electron chi connectivity index (χ4n) is 7.09. The molecule has 10 nitrogen and oxygen atoms in total. The number of carbonyl (C=O) groups excluding carboxylic acids is 4. The van der Waals surface area contributed by atoms with Crippen molar-refractivity contribution in [1.29, 1.82) is 0 Å². The van der Waals surface area contributed by atoms with E-state index in [1.165, 1.54) is 12.1 Å². The van der Waals surface area contributed by atoms with E-state index >= 15 is 0 Å². The van der Waals surface area contributed by atoms with Crippen molar-refractivity contribution in [1.82, 2.24) is 25.1 Å². The molecule has 2 aliphatic heterocycles. The van der Waals surface area contributed by atoms with Gasteiger partial charge in [0, 0.05) is 31.3 Å². The Morgan fingerprint density at radius 2 is 1.52 bits per heavy atom. The zero-order valence-corrected chi connectivity index (χ0v) is 27.6. The van der Waals surface area contributed by atoms with Gasteiger partial charge < -0.3 is 20.4 Å². The molecule has 0 aliphatic carbocycles. The molecule has 2 N–H and O–H groups in total. The number of hydrazine groups is 1. The molecule has 5 aromatic carbocycles. The first-order valence-electron chi connectivity index (χ1n) is 16.5. The second-order valence-electron chi connectivity index (χ2n) is 12.5. The molecule has 5 amide bonds. The zero-order chi connectivity index (χ0) is 34.8. The molecule has 2 saturated heterocycles. The molecule has 0 bridgehead atoms. The summed E-state index contributed by atoms with van der Waals surface area (Å²) in [4.78, 5) is 57.6. The van der Waals surface area contributed by atoms with E-state index in [1.54, 1.807) is 33.0 Å². The number of urea groups is 1. The minimum atomic E-state index is -0.824. The van der Waals surface area contributed by atoms with Gasteiger partial charge in [-0.05, 0) is 50.9 Å². The number of rotatable bonds is 8. The van der Waals surface area contributed by atoms with Gasteiger partial charge in [-0.3, -0.25) is 14.4 Å². The molecule has 2 fully saturated rings. The molecule has 5 aromatic rings. The molecular formula is C40H36N6O4. The fourth-order valence-corrected chi connectivity index (χ4v) is 7.09. The van der Waals surface area contributed by atoms with Crippen LogP contribution in [0.25, 0.3) is 21.5 Å². The monoisotopic (exact) mass is 664 g/mol. The van der Waals surface area contributed by atoms with Gasteiger partial charge in [0.05, 0.1) is 19.6 Å². The molecule has 0 saturated carbocycles. The third kappa shape index (κ3) is 6.11. The lowest BCUT2D eigenvalue weighted by molar-refractivity contribution is -0.157. The van der Waals surface area contributed by atoms with Crippen LogP contribution in [-0.4, -0.2) is 82.5 Å². The summed E-state index contributed by atoms with van der Waals surface area (Å²) in [5.41, 5.74) is 2.98. The van der Waals surface area contributed by atoms with E-state index < -0.39 is 18.2 Å². The van der Waals surface area contributed by atoms with E-state index in [0.29, 0.717) is 17.8 Å². The predicted octanol–water partition coefficient (Wildman–Crippen LogP) is 4.86. The number of piperazine rings is 1. The van der Waals surface area contributed by atoms with Gasteiger partial charge in [0.15, 0.2) is 0 Å². The number of hydrogen-bond donors (Lipinski definition) is 2. The van der Waals surface area contributed by atoms with Gasteiger partial charge in [-0.15, -0.1) is 6.42 Å². The van der Waals surface area contributed by atoms with Crippen molar-refractivity contribution in [2.24, 2.45) is 0 Å². The number of amides is 5. The number of nitrogens with zero attached hydrogens (tertiary/aromatic N) is 4. The minimum Gasteiger partial charge on any atom is -0.340 e. The van der Waals surface area contributed by atoms with Crippen LogP contribution in [0.15, 0.2) is 109 Å². The lowest BCUT2D eigenvalue weighted by Gasteiger charge is -2.46. The molecule has 2 atom stereocenters. The molecule has 10 heteroatoms. The quantitative estimate of drug-likeness (QED) is 0.231. The summed E-state index contributed by atoms with van der Waals surface area (Å²) < 4.78 is 0. The number of fused-ring (bicyclic) bond motifs is 3. The minimum absolute atomic E-state index is 0.0365. The van der Waals surface area contributed by atoms with Crippen molar-refractivity contribution in [3.05, 3.63) is 126 Å². The first-order valence-corrected chi connectivity index (χ1v) is 16.5. The maximum absolute atomic E-state index is 14.4. The summed E-state index contributed by atoms with van der Waals surface area (Å²) in [5, 5.41) is 12.6. The largest absolute Gasteiger partial charge is 0.340 e. The first kappa shape index (κ1) is 32.4. The van der Waals surface area contributed by atoms with Gasteiger partial charge in [-0.2, -0.15) is 5.01 Å². The summed E-state index contributed by atoms with van der Waals surface area (Å²) in [6, 6.07) is 33.5. The third-order valence-corrected chi connectivity index (χ3v) is 9.48. The summed E-state index contributed by atoms with van der Waals surface area (Å²) in [7, 11) is 1.51. The van der Waals surface area contributed by atoms with Gasteiger partial charge in [0.1, 0.15) is 12.2 Å². The van der Waals surface area contributed by atoms with Crippen LogP contribution < -0.4 is 10.6 Å². The Balaban J connectivity index is 1.17. The van der Waals surface area contributed by atoms with E-state index in [1.807, 2.05) is 91.0 Å². The van der Waals surface area contributed by atoms with Crippen LogP contribution in [0.4, 0.5) is 10.5 Å². The Kier molecular flexibility index (Phi) is 8.90. The van der Waals surface area contributed by atoms with Gasteiger partial charge in [-0.1, -0.05) is 96.9 Å².